The lowest BCUT2D eigenvalue weighted by Gasteiger charge is -2.29. The third-order valence-electron chi connectivity index (χ3n) is 5.06. The Morgan fingerprint density at radius 3 is 2.45 bits per heavy atom. The third kappa shape index (κ3) is 5.68. The second kappa shape index (κ2) is 9.71. The Morgan fingerprint density at radius 1 is 1.10 bits per heavy atom. The number of benzene rings is 2. The molecule has 0 bridgehead atoms. The zero-order valence-electron chi connectivity index (χ0n) is 16.5. The molecule has 2 aromatic rings. The Balaban J connectivity index is 1.51. The van der Waals surface area contributed by atoms with E-state index in [0.29, 0.717) is 32.5 Å². The summed E-state index contributed by atoms with van der Waals surface area (Å²) in [5.41, 5.74) is 1.75. The van der Waals surface area contributed by atoms with E-state index in [0.717, 1.165) is 16.9 Å². The van der Waals surface area contributed by atoms with Crippen molar-refractivity contribution in [2.24, 2.45) is 5.92 Å². The molecule has 0 saturated carbocycles. The van der Waals surface area contributed by atoms with Gasteiger partial charge in [0.1, 0.15) is 5.75 Å². The van der Waals surface area contributed by atoms with Crippen LogP contribution in [0.25, 0.3) is 6.08 Å². The average molecular weight is 415 g/mol. The highest BCUT2D eigenvalue weighted by Gasteiger charge is 2.29. The van der Waals surface area contributed by atoms with Crippen molar-refractivity contribution in [3.63, 3.8) is 0 Å². The highest BCUT2D eigenvalue weighted by Crippen LogP contribution is 2.22. The lowest BCUT2D eigenvalue weighted by atomic mass is 9.97. The van der Waals surface area contributed by atoms with E-state index in [1.54, 1.807) is 13.2 Å². The molecule has 0 aromatic heterocycles. The molecule has 1 aliphatic heterocycles. The topological polar surface area (TPSA) is 75.7 Å². The first-order chi connectivity index (χ1) is 14.0. The van der Waals surface area contributed by atoms with Crippen LogP contribution >= 0.6 is 0 Å². The molecule has 1 amide bonds. The van der Waals surface area contributed by atoms with Crippen molar-refractivity contribution < 1.29 is 17.9 Å². The van der Waals surface area contributed by atoms with Gasteiger partial charge in [-0.1, -0.05) is 48.5 Å². The molecular formula is C22H26N2O4S. The smallest absolute Gasteiger partial charge is 0.236 e. The van der Waals surface area contributed by atoms with Crippen molar-refractivity contribution >= 4 is 22.0 Å². The predicted octanol–water partition coefficient (Wildman–Crippen LogP) is 3.02. The normalized spacial score (nSPS) is 16.0. The number of piperidine rings is 1. The van der Waals surface area contributed by atoms with E-state index >= 15 is 0 Å². The number of carbonyl (C=O) groups is 1. The monoisotopic (exact) mass is 414 g/mol. The molecule has 0 radical (unpaired) electrons. The Kier molecular flexibility index (Phi) is 7.06. The minimum Gasteiger partial charge on any atom is -0.496 e. The number of hydrogen-bond donors (Lipinski definition) is 1. The molecule has 29 heavy (non-hydrogen) atoms. The quantitative estimate of drug-likeness (QED) is 0.756. The number of rotatable bonds is 7. The van der Waals surface area contributed by atoms with Crippen LogP contribution in [0.1, 0.15) is 24.0 Å². The molecular weight excluding hydrogens is 388 g/mol. The first kappa shape index (κ1) is 21.1. The molecule has 1 N–H and O–H groups in total. The number of sulfonamides is 1. The Hall–Kier alpha value is -2.64. The summed E-state index contributed by atoms with van der Waals surface area (Å²) in [5, 5.41) is 4.18. The Labute approximate surface area is 172 Å². The maximum absolute atomic E-state index is 12.5. The van der Waals surface area contributed by atoms with Gasteiger partial charge in [0.25, 0.3) is 0 Å². The summed E-state index contributed by atoms with van der Waals surface area (Å²) in [6, 6.07) is 16.9. The maximum Gasteiger partial charge on any atom is 0.236 e. The molecule has 0 atom stereocenters. The van der Waals surface area contributed by atoms with Gasteiger partial charge in [0.2, 0.25) is 15.9 Å². The molecule has 6 nitrogen and oxygen atoms in total. The lowest BCUT2D eigenvalue weighted by molar-refractivity contribution is -0.126. The van der Waals surface area contributed by atoms with Crippen molar-refractivity contribution in [2.45, 2.75) is 19.4 Å². The summed E-state index contributed by atoms with van der Waals surface area (Å²) in [7, 11) is -1.89. The Bertz CT molecular complexity index is 950. The zero-order chi connectivity index (χ0) is 20.7. The second-order valence-corrected chi connectivity index (χ2v) is 8.78. The fourth-order valence-electron chi connectivity index (χ4n) is 3.36. The van der Waals surface area contributed by atoms with Crippen LogP contribution < -0.4 is 10.1 Å². The third-order valence-corrected chi connectivity index (χ3v) is 6.63. The number of ether oxygens (including phenoxy) is 1. The summed E-state index contributed by atoms with van der Waals surface area (Å²) < 4.78 is 31.8. The van der Waals surface area contributed by atoms with Gasteiger partial charge in [0, 0.05) is 36.5 Å². The van der Waals surface area contributed by atoms with Crippen LogP contribution in [0.3, 0.4) is 0 Å². The fourth-order valence-corrected chi connectivity index (χ4v) is 4.58. The Morgan fingerprint density at radius 2 is 1.76 bits per heavy atom. The second-order valence-electron chi connectivity index (χ2n) is 6.96. The van der Waals surface area contributed by atoms with Crippen LogP contribution in [0, 0.1) is 5.92 Å². The molecule has 1 heterocycles. The van der Waals surface area contributed by atoms with Crippen LogP contribution in [-0.4, -0.2) is 38.8 Å². The maximum atomic E-state index is 12.5. The molecule has 2 aromatic carbocycles. The van der Waals surface area contributed by atoms with E-state index in [9.17, 15) is 13.2 Å². The van der Waals surface area contributed by atoms with Crippen LogP contribution in [0.2, 0.25) is 0 Å². The molecule has 0 spiro atoms. The minimum absolute atomic E-state index is 0.0484. The van der Waals surface area contributed by atoms with Crippen molar-refractivity contribution in [1.82, 2.24) is 9.62 Å². The van der Waals surface area contributed by atoms with E-state index in [2.05, 4.69) is 5.32 Å². The molecule has 0 aliphatic carbocycles. The average Bonchev–Trinajstić information content (AvgIpc) is 2.77. The number of para-hydroxylation sites is 1. The van der Waals surface area contributed by atoms with Gasteiger partial charge in [-0.05, 0) is 30.5 Å². The first-order valence-electron chi connectivity index (χ1n) is 9.62. The largest absolute Gasteiger partial charge is 0.496 e. The molecule has 3 rings (SSSR count). The van der Waals surface area contributed by atoms with Crippen molar-refractivity contribution in [3.05, 3.63) is 71.1 Å². The van der Waals surface area contributed by atoms with Gasteiger partial charge in [-0.25, -0.2) is 8.42 Å². The van der Waals surface area contributed by atoms with Gasteiger partial charge in [-0.15, -0.1) is 0 Å². The molecule has 1 fully saturated rings. The SMILES string of the molecule is COc1ccccc1CNC(=O)C1CCN(S(=O)(=O)/C=C/c2ccccc2)CC1. The van der Waals surface area contributed by atoms with Gasteiger partial charge in [-0.3, -0.25) is 4.79 Å². The molecule has 154 valence electrons. The summed E-state index contributed by atoms with van der Waals surface area (Å²) in [5.74, 6) is 0.501. The van der Waals surface area contributed by atoms with Crippen LogP contribution in [0.5, 0.6) is 5.75 Å². The van der Waals surface area contributed by atoms with E-state index < -0.39 is 10.0 Å². The summed E-state index contributed by atoms with van der Waals surface area (Å²) in [6.45, 7) is 1.07. The van der Waals surface area contributed by atoms with E-state index in [1.165, 1.54) is 9.71 Å². The fraction of sp³-hybridized carbons (Fsp3) is 0.318. The van der Waals surface area contributed by atoms with Crippen molar-refractivity contribution in [3.8, 4) is 5.75 Å². The first-order valence-corrected chi connectivity index (χ1v) is 11.1. The molecule has 0 unspecified atom stereocenters. The van der Waals surface area contributed by atoms with Gasteiger partial charge in [-0.2, -0.15) is 4.31 Å². The van der Waals surface area contributed by atoms with Gasteiger partial charge >= 0.3 is 0 Å². The number of amides is 1. The number of methoxy groups -OCH3 is 1. The molecule has 1 saturated heterocycles. The lowest BCUT2D eigenvalue weighted by Crippen LogP contribution is -2.42. The van der Waals surface area contributed by atoms with Gasteiger partial charge in [0.05, 0.1) is 7.11 Å². The van der Waals surface area contributed by atoms with E-state index in [-0.39, 0.29) is 11.8 Å². The highest BCUT2D eigenvalue weighted by molar-refractivity contribution is 7.92. The molecule has 7 heteroatoms. The number of carbonyl (C=O) groups excluding carboxylic acids is 1. The van der Waals surface area contributed by atoms with Crippen LogP contribution in [0.15, 0.2) is 60.0 Å². The molecule has 1 aliphatic rings. The number of nitrogens with one attached hydrogen (secondary N) is 1. The summed E-state index contributed by atoms with van der Waals surface area (Å²) in [4.78, 5) is 12.5. The van der Waals surface area contributed by atoms with Crippen molar-refractivity contribution in [2.75, 3.05) is 20.2 Å². The van der Waals surface area contributed by atoms with Gasteiger partial charge < -0.3 is 10.1 Å². The highest BCUT2D eigenvalue weighted by atomic mass is 32.2. The standard InChI is InChI=1S/C22H26N2O4S/c1-28-21-10-6-5-9-20(21)17-23-22(25)19-11-14-24(15-12-19)29(26,27)16-13-18-7-3-2-4-8-18/h2-10,13,16,19H,11-12,14-15,17H2,1H3,(H,23,25)/b16-13+. The van der Waals surface area contributed by atoms with Crippen LogP contribution in [-0.2, 0) is 21.4 Å². The number of hydrogen-bond acceptors (Lipinski definition) is 4. The van der Waals surface area contributed by atoms with E-state index in [4.69, 9.17) is 4.74 Å². The van der Waals surface area contributed by atoms with Crippen molar-refractivity contribution in [1.29, 1.82) is 0 Å². The summed E-state index contributed by atoms with van der Waals surface area (Å²) in [6.07, 6.45) is 2.62. The predicted molar refractivity (Wildman–Crippen MR) is 114 cm³/mol. The zero-order valence-corrected chi connectivity index (χ0v) is 17.3. The van der Waals surface area contributed by atoms with Crippen LogP contribution in [0.4, 0.5) is 0 Å². The van der Waals surface area contributed by atoms with E-state index in [1.807, 2.05) is 54.6 Å². The minimum atomic E-state index is -3.49. The number of nitrogens with zero attached hydrogens (tertiary/aromatic N) is 1. The summed E-state index contributed by atoms with van der Waals surface area (Å²) >= 11 is 0. The van der Waals surface area contributed by atoms with Gasteiger partial charge in [0.15, 0.2) is 0 Å².